The molecule has 0 fully saturated rings. The number of aryl methyl sites for hydroxylation is 1. The van der Waals surface area contributed by atoms with Gasteiger partial charge in [0.1, 0.15) is 5.69 Å². The molecule has 0 atom stereocenters. The number of nitro groups is 1. The lowest BCUT2D eigenvalue weighted by atomic mass is 10.2. The van der Waals surface area contributed by atoms with Crippen LogP contribution in [0.2, 0.25) is 0 Å². The number of hydrogen-bond acceptors (Lipinski definition) is 7. The van der Waals surface area contributed by atoms with Crippen LogP contribution in [-0.4, -0.2) is 36.8 Å². The number of rotatable bonds is 6. The molecule has 3 aromatic rings. The summed E-state index contributed by atoms with van der Waals surface area (Å²) in [5.41, 5.74) is 1.53. The average Bonchev–Trinajstić information content (AvgIpc) is 3.10. The molecule has 0 bridgehead atoms. The molecule has 0 aliphatic carbocycles. The topological polar surface area (TPSA) is 116 Å². The van der Waals surface area contributed by atoms with Crippen LogP contribution >= 0.6 is 11.8 Å². The van der Waals surface area contributed by atoms with Gasteiger partial charge in [0.05, 0.1) is 16.4 Å². The quantitative estimate of drug-likeness (QED) is 0.403. The third kappa shape index (κ3) is 4.03. The zero-order valence-corrected chi connectivity index (χ0v) is 14.5. The summed E-state index contributed by atoms with van der Waals surface area (Å²) in [5, 5.41) is 25.6. The van der Waals surface area contributed by atoms with E-state index in [9.17, 15) is 14.9 Å². The molecule has 132 valence electrons. The van der Waals surface area contributed by atoms with E-state index in [0.717, 1.165) is 23.0 Å². The summed E-state index contributed by atoms with van der Waals surface area (Å²) < 4.78 is 1.52. The van der Waals surface area contributed by atoms with Crippen molar-refractivity contribution in [1.29, 1.82) is 0 Å². The molecule has 0 aliphatic heterocycles. The molecule has 3 rings (SSSR count). The molecule has 2 aromatic carbocycles. The Hall–Kier alpha value is -3.27. The Morgan fingerprint density at radius 1 is 1.27 bits per heavy atom. The number of para-hydroxylation sites is 1. The number of tetrazole rings is 1. The van der Waals surface area contributed by atoms with E-state index in [1.54, 1.807) is 13.0 Å². The molecule has 10 heteroatoms. The lowest BCUT2D eigenvalue weighted by Crippen LogP contribution is -2.15. The Morgan fingerprint density at radius 2 is 2.04 bits per heavy atom. The number of nitrogens with zero attached hydrogens (tertiary/aromatic N) is 5. The smallest absolute Gasteiger partial charge is 0.293 e. The number of nitrogens with one attached hydrogen (secondary N) is 1. The maximum atomic E-state index is 12.2. The first-order valence-electron chi connectivity index (χ1n) is 7.56. The Balaban J connectivity index is 1.68. The molecule has 26 heavy (non-hydrogen) atoms. The van der Waals surface area contributed by atoms with Crippen molar-refractivity contribution in [2.75, 3.05) is 11.1 Å². The highest BCUT2D eigenvalue weighted by Gasteiger charge is 2.17. The summed E-state index contributed by atoms with van der Waals surface area (Å²) in [6.07, 6.45) is 0. The molecule has 1 heterocycles. The van der Waals surface area contributed by atoms with Crippen LogP contribution in [0.15, 0.2) is 53.7 Å². The van der Waals surface area contributed by atoms with Crippen molar-refractivity contribution in [2.24, 2.45) is 0 Å². The van der Waals surface area contributed by atoms with Crippen molar-refractivity contribution in [3.05, 3.63) is 64.2 Å². The zero-order chi connectivity index (χ0) is 18.5. The van der Waals surface area contributed by atoms with Crippen LogP contribution in [-0.2, 0) is 4.79 Å². The molecule has 0 spiro atoms. The van der Waals surface area contributed by atoms with Crippen LogP contribution < -0.4 is 5.32 Å². The molecule has 9 nitrogen and oxygen atoms in total. The van der Waals surface area contributed by atoms with E-state index in [0.29, 0.717) is 5.16 Å². The van der Waals surface area contributed by atoms with Crippen molar-refractivity contribution in [3.63, 3.8) is 0 Å². The van der Waals surface area contributed by atoms with E-state index >= 15 is 0 Å². The Morgan fingerprint density at radius 3 is 2.77 bits per heavy atom. The summed E-state index contributed by atoms with van der Waals surface area (Å²) in [6.45, 7) is 1.75. The summed E-state index contributed by atoms with van der Waals surface area (Å²) in [5.74, 6) is -0.373. The molecule has 0 radical (unpaired) electrons. The zero-order valence-electron chi connectivity index (χ0n) is 13.7. The molecule has 0 saturated carbocycles. The lowest BCUT2D eigenvalue weighted by molar-refractivity contribution is -0.384. The van der Waals surface area contributed by atoms with E-state index in [-0.39, 0.29) is 23.0 Å². The van der Waals surface area contributed by atoms with E-state index in [4.69, 9.17) is 0 Å². The van der Waals surface area contributed by atoms with E-state index < -0.39 is 4.92 Å². The number of thioether (sulfide) groups is 1. The first kappa shape index (κ1) is 17.5. The molecular weight excluding hydrogens is 356 g/mol. The Labute approximate surface area is 152 Å². The maximum Gasteiger partial charge on any atom is 0.293 e. The number of nitro benzene ring substituents is 1. The van der Waals surface area contributed by atoms with Gasteiger partial charge in [-0.15, -0.1) is 5.10 Å². The monoisotopic (exact) mass is 370 g/mol. The maximum absolute atomic E-state index is 12.2. The van der Waals surface area contributed by atoms with Gasteiger partial charge in [0.2, 0.25) is 11.1 Å². The minimum atomic E-state index is -0.522. The van der Waals surface area contributed by atoms with Crippen molar-refractivity contribution >= 4 is 29.0 Å². The molecule has 0 aliphatic rings. The number of anilines is 1. The van der Waals surface area contributed by atoms with Gasteiger partial charge in [0, 0.05) is 6.07 Å². The molecule has 1 N–H and O–H groups in total. The van der Waals surface area contributed by atoms with Gasteiger partial charge in [-0.25, -0.2) is 0 Å². The van der Waals surface area contributed by atoms with E-state index in [1.807, 2.05) is 30.3 Å². The number of carbonyl (C=O) groups is 1. The summed E-state index contributed by atoms with van der Waals surface area (Å²) >= 11 is 1.14. The first-order chi connectivity index (χ1) is 12.5. The fraction of sp³-hybridized carbons (Fsp3) is 0.125. The SMILES string of the molecule is Cc1ccc(NC(=O)CSc2nnnn2-c2ccccc2)c([N+](=O)[O-])c1. The van der Waals surface area contributed by atoms with Gasteiger partial charge in [-0.05, 0) is 41.1 Å². The molecule has 1 amide bonds. The van der Waals surface area contributed by atoms with Crippen molar-refractivity contribution in [3.8, 4) is 5.69 Å². The summed E-state index contributed by atoms with van der Waals surface area (Å²) in [6, 6.07) is 13.9. The van der Waals surface area contributed by atoms with E-state index in [2.05, 4.69) is 20.8 Å². The predicted molar refractivity (Wildman–Crippen MR) is 96.3 cm³/mol. The number of benzene rings is 2. The largest absolute Gasteiger partial charge is 0.320 e. The second-order valence-corrected chi connectivity index (χ2v) is 6.27. The fourth-order valence-electron chi connectivity index (χ4n) is 2.21. The van der Waals surface area contributed by atoms with Gasteiger partial charge in [0.15, 0.2) is 0 Å². The number of aromatic nitrogens is 4. The van der Waals surface area contributed by atoms with Gasteiger partial charge < -0.3 is 5.32 Å². The fourth-order valence-corrected chi connectivity index (χ4v) is 2.91. The van der Waals surface area contributed by atoms with Crippen LogP contribution in [0.4, 0.5) is 11.4 Å². The first-order valence-corrected chi connectivity index (χ1v) is 8.54. The predicted octanol–water partition coefficient (Wildman–Crippen LogP) is 2.61. The van der Waals surface area contributed by atoms with Gasteiger partial charge in [0.25, 0.3) is 5.69 Å². The van der Waals surface area contributed by atoms with Crippen molar-refractivity contribution in [1.82, 2.24) is 20.2 Å². The normalized spacial score (nSPS) is 10.5. The van der Waals surface area contributed by atoms with Gasteiger partial charge >= 0.3 is 0 Å². The summed E-state index contributed by atoms with van der Waals surface area (Å²) in [7, 11) is 0. The minimum Gasteiger partial charge on any atom is -0.320 e. The second kappa shape index (κ2) is 7.74. The summed E-state index contributed by atoms with van der Waals surface area (Å²) in [4.78, 5) is 22.8. The lowest BCUT2D eigenvalue weighted by Gasteiger charge is -2.07. The number of amides is 1. The second-order valence-electron chi connectivity index (χ2n) is 5.32. The molecule has 0 unspecified atom stereocenters. The number of hydrogen-bond donors (Lipinski definition) is 1. The van der Waals surface area contributed by atoms with Crippen LogP contribution in [0.5, 0.6) is 0 Å². The highest BCUT2D eigenvalue weighted by atomic mass is 32.2. The van der Waals surface area contributed by atoms with Gasteiger partial charge in [-0.2, -0.15) is 4.68 Å². The molecular formula is C16H14N6O3S. The standard InChI is InChI=1S/C16H14N6O3S/c1-11-7-8-13(14(9-11)22(24)25)17-15(23)10-26-16-18-19-20-21(16)12-5-3-2-4-6-12/h2-9H,10H2,1H3,(H,17,23). The minimum absolute atomic E-state index is 0.0121. The van der Waals surface area contributed by atoms with E-state index in [1.165, 1.54) is 16.8 Å². The highest BCUT2D eigenvalue weighted by molar-refractivity contribution is 7.99. The third-order valence-electron chi connectivity index (χ3n) is 3.40. The van der Waals surface area contributed by atoms with Crippen LogP contribution in [0.1, 0.15) is 5.56 Å². The van der Waals surface area contributed by atoms with Gasteiger partial charge in [-0.3, -0.25) is 14.9 Å². The van der Waals surface area contributed by atoms with Crippen molar-refractivity contribution in [2.45, 2.75) is 12.1 Å². The molecule has 0 saturated heterocycles. The van der Waals surface area contributed by atoms with Crippen LogP contribution in [0, 0.1) is 17.0 Å². The highest BCUT2D eigenvalue weighted by Crippen LogP contribution is 2.26. The Bertz CT molecular complexity index is 944. The third-order valence-corrected chi connectivity index (χ3v) is 4.32. The average molecular weight is 370 g/mol. The number of carbonyl (C=O) groups excluding carboxylic acids is 1. The van der Waals surface area contributed by atoms with Crippen LogP contribution in [0.25, 0.3) is 5.69 Å². The van der Waals surface area contributed by atoms with Crippen LogP contribution in [0.3, 0.4) is 0 Å². The molecule has 1 aromatic heterocycles. The van der Waals surface area contributed by atoms with Gasteiger partial charge in [-0.1, -0.05) is 36.0 Å². The Kier molecular flexibility index (Phi) is 5.23. The van der Waals surface area contributed by atoms with Crippen molar-refractivity contribution < 1.29 is 9.72 Å².